The van der Waals surface area contributed by atoms with Crippen LogP contribution in [0.15, 0.2) is 0 Å². The predicted octanol–water partition coefficient (Wildman–Crippen LogP) is 1.14. The van der Waals surface area contributed by atoms with Gasteiger partial charge in [0.15, 0.2) is 0 Å². The van der Waals surface area contributed by atoms with Crippen LogP contribution in [0.1, 0.15) is 20.3 Å². The fourth-order valence-electron chi connectivity index (χ4n) is 1.39. The lowest BCUT2D eigenvalue weighted by molar-refractivity contribution is -0.0563. The third kappa shape index (κ3) is 2.49. The minimum absolute atomic E-state index is 0.0646. The zero-order valence-corrected chi connectivity index (χ0v) is 8.33. The highest BCUT2D eigenvalue weighted by atomic mass is 31.1. The van der Waals surface area contributed by atoms with Gasteiger partial charge in [0.05, 0.1) is 25.3 Å². The van der Waals surface area contributed by atoms with Gasteiger partial charge < -0.3 is 4.74 Å². The van der Waals surface area contributed by atoms with Gasteiger partial charge in [0.1, 0.15) is 0 Å². The molecule has 0 spiro atoms. The van der Waals surface area contributed by atoms with Crippen molar-refractivity contribution in [1.29, 1.82) is 0 Å². The van der Waals surface area contributed by atoms with Gasteiger partial charge in [-0.05, 0) is 17.9 Å². The topological polar surface area (TPSA) is 49.8 Å². The van der Waals surface area contributed by atoms with Crippen molar-refractivity contribution < 1.29 is 14.2 Å². The molecular weight excluding hydrogens is 177 g/mol. The first-order valence-corrected chi connectivity index (χ1v) is 5.36. The molecule has 1 heterocycles. The van der Waals surface area contributed by atoms with Gasteiger partial charge in [-0.15, -0.1) is 4.89 Å². The molecule has 70 valence electrons. The molecule has 0 bridgehead atoms. The normalized spacial score (nSPS) is 33.4. The Morgan fingerprint density at radius 2 is 2.33 bits per heavy atom. The third-order valence-electron chi connectivity index (χ3n) is 2.00. The Hall–Kier alpha value is -0.0200. The summed E-state index contributed by atoms with van der Waals surface area (Å²) in [6.07, 6.45) is 1.07. The Kier molecular flexibility index (Phi) is 3.59. The molecule has 3 atom stereocenters. The van der Waals surface area contributed by atoms with Gasteiger partial charge in [0, 0.05) is 0 Å². The molecule has 0 aromatic heterocycles. The number of hydrogen-bond donors (Lipinski definition) is 1. The van der Waals surface area contributed by atoms with E-state index in [2.05, 4.69) is 0 Å². The van der Waals surface area contributed by atoms with Crippen LogP contribution in [0.4, 0.5) is 0 Å². The van der Waals surface area contributed by atoms with Gasteiger partial charge in [0.25, 0.3) is 0 Å². The van der Waals surface area contributed by atoms with E-state index in [1.54, 1.807) is 4.67 Å². The second-order valence-electron chi connectivity index (χ2n) is 3.10. The summed E-state index contributed by atoms with van der Waals surface area (Å²) in [6, 6.07) is 0. The average molecular weight is 192 g/mol. The minimum Gasteiger partial charge on any atom is -0.372 e. The Morgan fingerprint density at radius 3 is 2.83 bits per heavy atom. The molecule has 1 fully saturated rings. The second kappa shape index (κ2) is 4.28. The van der Waals surface area contributed by atoms with Gasteiger partial charge in [-0.1, -0.05) is 11.6 Å². The Morgan fingerprint density at radius 1 is 1.67 bits per heavy atom. The maximum Gasteiger partial charge on any atom is 0.613 e. The van der Waals surface area contributed by atoms with Crippen LogP contribution in [0, 0.1) is 0 Å². The molecule has 1 saturated heterocycles. The number of morpholine rings is 1. The van der Waals surface area contributed by atoms with Gasteiger partial charge >= 0.3 is 8.18 Å². The van der Waals surface area contributed by atoms with Crippen LogP contribution in [0.2, 0.25) is 0 Å². The lowest BCUT2D eigenvalue weighted by Gasteiger charge is -2.28. The maximum atomic E-state index is 10.8. The molecule has 0 radical (unpaired) electrons. The zero-order chi connectivity index (χ0) is 9.14. The third-order valence-corrected chi connectivity index (χ3v) is 2.81. The number of hydrogen-bond acceptors (Lipinski definition) is 2. The van der Waals surface area contributed by atoms with Crippen molar-refractivity contribution in [1.82, 2.24) is 4.67 Å². The predicted molar refractivity (Wildman–Crippen MR) is 46.0 cm³/mol. The lowest BCUT2D eigenvalue weighted by Crippen LogP contribution is -2.42. The molecule has 0 aromatic carbocycles. The number of nitrogens with zero attached hydrogens (tertiary/aromatic N) is 1. The van der Waals surface area contributed by atoms with E-state index >= 15 is 0 Å². The van der Waals surface area contributed by atoms with Crippen LogP contribution >= 0.6 is 8.18 Å². The SMILES string of the molecule is CCC1CN([P+](=O)O)CC(C)O1. The molecule has 4 nitrogen and oxygen atoms in total. The second-order valence-corrected chi connectivity index (χ2v) is 4.17. The molecule has 1 N–H and O–H groups in total. The standard InChI is InChI=1S/C7H14NO3P/c1-3-7-5-8(12(9)10)4-6(2)11-7/h6-7H,3-5H2,1-2H3/p+1. The molecule has 12 heavy (non-hydrogen) atoms. The highest BCUT2D eigenvalue weighted by Gasteiger charge is 2.35. The van der Waals surface area contributed by atoms with E-state index in [9.17, 15) is 4.57 Å². The first-order chi connectivity index (χ1) is 5.63. The van der Waals surface area contributed by atoms with Gasteiger partial charge in [0.2, 0.25) is 0 Å². The molecule has 1 aliphatic rings. The number of ether oxygens (including phenoxy) is 1. The van der Waals surface area contributed by atoms with Crippen LogP contribution in [0.25, 0.3) is 0 Å². The van der Waals surface area contributed by atoms with Crippen molar-refractivity contribution in [3.8, 4) is 0 Å². The molecular formula is C7H15NO3P+. The average Bonchev–Trinajstić information content (AvgIpc) is 2.03. The van der Waals surface area contributed by atoms with Crippen LogP contribution < -0.4 is 0 Å². The summed E-state index contributed by atoms with van der Waals surface area (Å²) in [5, 5.41) is 0. The van der Waals surface area contributed by atoms with E-state index in [1.165, 1.54) is 0 Å². The van der Waals surface area contributed by atoms with Crippen LogP contribution in [0.5, 0.6) is 0 Å². The summed E-state index contributed by atoms with van der Waals surface area (Å²) in [4.78, 5) is 8.89. The summed E-state index contributed by atoms with van der Waals surface area (Å²) < 4.78 is 17.9. The molecule has 5 heteroatoms. The first-order valence-electron chi connectivity index (χ1n) is 4.20. The number of rotatable bonds is 2. The highest BCUT2D eigenvalue weighted by Crippen LogP contribution is 2.26. The van der Waals surface area contributed by atoms with Crippen molar-refractivity contribution >= 4 is 8.18 Å². The van der Waals surface area contributed by atoms with Gasteiger partial charge in [-0.2, -0.15) is 0 Å². The lowest BCUT2D eigenvalue weighted by atomic mass is 10.2. The molecule has 1 rings (SSSR count). The first kappa shape index (κ1) is 10.1. The highest BCUT2D eigenvalue weighted by molar-refractivity contribution is 7.35. The molecule has 0 aliphatic carbocycles. The van der Waals surface area contributed by atoms with Crippen molar-refractivity contribution in [2.75, 3.05) is 13.1 Å². The Balaban J connectivity index is 2.51. The Bertz CT molecular complexity index is 176. The largest absolute Gasteiger partial charge is 0.613 e. The summed E-state index contributed by atoms with van der Waals surface area (Å²) in [5.74, 6) is 0. The zero-order valence-electron chi connectivity index (χ0n) is 7.43. The molecule has 0 saturated carbocycles. The summed E-state index contributed by atoms with van der Waals surface area (Å²) in [6.45, 7) is 5.08. The van der Waals surface area contributed by atoms with Crippen LogP contribution in [-0.4, -0.2) is 34.9 Å². The molecule has 1 aliphatic heterocycles. The molecule has 3 unspecified atom stereocenters. The van der Waals surface area contributed by atoms with Crippen molar-refractivity contribution in [3.63, 3.8) is 0 Å². The van der Waals surface area contributed by atoms with Gasteiger partial charge in [-0.25, -0.2) is 0 Å². The summed E-state index contributed by atoms with van der Waals surface area (Å²) >= 11 is 0. The van der Waals surface area contributed by atoms with E-state index in [0.29, 0.717) is 13.1 Å². The van der Waals surface area contributed by atoms with E-state index < -0.39 is 8.18 Å². The van der Waals surface area contributed by atoms with Crippen LogP contribution in [-0.2, 0) is 9.30 Å². The maximum absolute atomic E-state index is 10.8. The van der Waals surface area contributed by atoms with Crippen molar-refractivity contribution in [2.24, 2.45) is 0 Å². The summed E-state index contributed by atoms with van der Waals surface area (Å²) in [7, 11) is -2.17. The Labute approximate surface area is 73.4 Å². The van der Waals surface area contributed by atoms with E-state index in [1.807, 2.05) is 13.8 Å². The fourth-order valence-corrected chi connectivity index (χ4v) is 2.08. The van der Waals surface area contributed by atoms with E-state index in [0.717, 1.165) is 6.42 Å². The minimum atomic E-state index is -2.17. The quantitative estimate of drug-likeness (QED) is 0.666. The molecule has 0 aromatic rings. The van der Waals surface area contributed by atoms with Crippen LogP contribution in [0.3, 0.4) is 0 Å². The van der Waals surface area contributed by atoms with E-state index in [-0.39, 0.29) is 12.2 Å². The summed E-state index contributed by atoms with van der Waals surface area (Å²) in [5.41, 5.74) is 0. The molecule has 0 amide bonds. The van der Waals surface area contributed by atoms with Crippen molar-refractivity contribution in [3.05, 3.63) is 0 Å². The van der Waals surface area contributed by atoms with Crippen molar-refractivity contribution in [2.45, 2.75) is 32.5 Å². The van der Waals surface area contributed by atoms with Gasteiger partial charge in [-0.3, -0.25) is 0 Å². The fraction of sp³-hybridized carbons (Fsp3) is 1.00. The smallest absolute Gasteiger partial charge is 0.372 e. The monoisotopic (exact) mass is 192 g/mol. The van der Waals surface area contributed by atoms with E-state index in [4.69, 9.17) is 9.63 Å².